The summed E-state index contributed by atoms with van der Waals surface area (Å²) in [5, 5.41) is 7.24. The molecule has 0 aromatic carbocycles. The van der Waals surface area contributed by atoms with Crippen LogP contribution in [0.15, 0.2) is 4.99 Å². The number of hydrogen-bond donors (Lipinski definition) is 2. The lowest BCUT2D eigenvalue weighted by molar-refractivity contribution is 0.0303. The van der Waals surface area contributed by atoms with E-state index in [1.54, 1.807) is 20.9 Å². The van der Waals surface area contributed by atoms with Crippen LogP contribution in [0, 0.1) is 6.92 Å². The Kier molecular flexibility index (Phi) is 10.0. The maximum absolute atomic E-state index is 12.0. The minimum atomic E-state index is -0.533. The molecule has 9 nitrogen and oxygen atoms in total. The fourth-order valence-electron chi connectivity index (χ4n) is 2.32. The van der Waals surface area contributed by atoms with Crippen molar-refractivity contribution < 1.29 is 19.1 Å². The number of thiazole rings is 1. The molecule has 0 bridgehead atoms. The third kappa shape index (κ3) is 8.56. The number of esters is 1. The number of ether oxygens (including phenoxy) is 2. The van der Waals surface area contributed by atoms with Gasteiger partial charge in [0, 0.05) is 20.1 Å². The summed E-state index contributed by atoms with van der Waals surface area (Å²) < 4.78 is 10.4. The van der Waals surface area contributed by atoms with Crippen LogP contribution < -0.4 is 10.6 Å². The number of aryl methyl sites for hydroxylation is 1. The number of nitrogens with zero attached hydrogens (tertiary/aromatic N) is 3. The molecule has 0 fully saturated rings. The van der Waals surface area contributed by atoms with Crippen LogP contribution in [0.4, 0.5) is 4.79 Å². The van der Waals surface area contributed by atoms with Gasteiger partial charge in [0.05, 0.1) is 24.9 Å². The molecule has 0 saturated heterocycles. The second-order valence-electron chi connectivity index (χ2n) is 7.72. The first-order chi connectivity index (χ1) is 14.0. The molecule has 0 aliphatic rings. The Bertz CT molecular complexity index is 742. The van der Waals surface area contributed by atoms with E-state index in [9.17, 15) is 9.59 Å². The van der Waals surface area contributed by atoms with E-state index in [1.165, 1.54) is 16.2 Å². The number of hydrogen-bond acceptors (Lipinski definition) is 7. The van der Waals surface area contributed by atoms with Gasteiger partial charge in [-0.15, -0.1) is 11.3 Å². The van der Waals surface area contributed by atoms with Gasteiger partial charge >= 0.3 is 12.1 Å². The van der Waals surface area contributed by atoms with E-state index in [-0.39, 0.29) is 18.1 Å². The number of guanidine groups is 1. The number of carbonyl (C=O) groups excluding carboxylic acids is 2. The monoisotopic (exact) mass is 441 g/mol. The average molecular weight is 442 g/mol. The topological polar surface area (TPSA) is 105 Å². The van der Waals surface area contributed by atoms with Crippen molar-refractivity contribution in [3.05, 3.63) is 15.6 Å². The minimum absolute atomic E-state index is 0.154. The van der Waals surface area contributed by atoms with Crippen molar-refractivity contribution in [2.45, 2.75) is 60.1 Å². The van der Waals surface area contributed by atoms with Crippen molar-refractivity contribution in [3.63, 3.8) is 0 Å². The average Bonchev–Trinajstić information content (AvgIpc) is 3.02. The van der Waals surface area contributed by atoms with Crippen LogP contribution >= 0.6 is 11.3 Å². The Morgan fingerprint density at radius 2 is 1.97 bits per heavy atom. The van der Waals surface area contributed by atoms with Crippen LogP contribution in [0.5, 0.6) is 0 Å². The number of amides is 1. The highest BCUT2D eigenvalue weighted by atomic mass is 32.1. The molecule has 0 saturated carbocycles. The predicted octanol–water partition coefficient (Wildman–Crippen LogP) is 3.11. The largest absolute Gasteiger partial charge is 0.462 e. The van der Waals surface area contributed by atoms with Gasteiger partial charge in [0.15, 0.2) is 5.96 Å². The van der Waals surface area contributed by atoms with Gasteiger partial charge in [-0.2, -0.15) is 0 Å². The van der Waals surface area contributed by atoms with Gasteiger partial charge in [0.1, 0.15) is 15.5 Å². The normalized spacial score (nSPS) is 12.9. The van der Waals surface area contributed by atoms with Gasteiger partial charge in [-0.1, -0.05) is 0 Å². The van der Waals surface area contributed by atoms with Gasteiger partial charge in [0.25, 0.3) is 0 Å². The highest BCUT2D eigenvalue weighted by Crippen LogP contribution is 2.24. The van der Waals surface area contributed by atoms with E-state index in [2.05, 4.69) is 20.6 Å². The van der Waals surface area contributed by atoms with Crippen LogP contribution in [0.25, 0.3) is 0 Å². The first-order valence-corrected chi connectivity index (χ1v) is 10.9. The second-order valence-corrected chi connectivity index (χ2v) is 8.75. The van der Waals surface area contributed by atoms with Crippen LogP contribution in [0.1, 0.15) is 68.0 Å². The molecule has 10 heteroatoms. The fraction of sp³-hybridized carbons (Fsp3) is 0.700. The molecule has 1 aromatic rings. The number of likely N-dealkylation sites (N-methyl/N-ethyl adjacent to an activating group) is 1. The first-order valence-electron chi connectivity index (χ1n) is 10.1. The maximum Gasteiger partial charge on any atom is 0.410 e. The molecule has 2 N–H and O–H groups in total. The highest BCUT2D eigenvalue weighted by molar-refractivity contribution is 7.13. The summed E-state index contributed by atoms with van der Waals surface area (Å²) in [5.41, 5.74) is 0.123. The summed E-state index contributed by atoms with van der Waals surface area (Å²) in [4.78, 5) is 35.1. The molecular formula is C20H35N5O4S. The fourth-order valence-corrected chi connectivity index (χ4v) is 3.28. The van der Waals surface area contributed by atoms with Crippen LogP contribution in [-0.4, -0.2) is 66.8 Å². The van der Waals surface area contributed by atoms with E-state index in [0.29, 0.717) is 42.8 Å². The Morgan fingerprint density at radius 1 is 1.30 bits per heavy atom. The Hall–Kier alpha value is -2.36. The standard InChI is InChI=1S/C20H35N5O4S/c1-9-21-18(22-11-12-25(8)19(27)29-20(5,6)7)24-14(4)16-23-13(3)15(30-16)17(26)28-10-2/h14H,9-12H2,1-8H3,(H2,21,22,24). The van der Waals surface area contributed by atoms with Gasteiger partial charge < -0.3 is 25.0 Å². The number of carbonyl (C=O) groups is 2. The summed E-state index contributed by atoms with van der Waals surface area (Å²) in [7, 11) is 1.68. The zero-order chi connectivity index (χ0) is 22.9. The molecule has 1 atom stereocenters. The molecule has 170 valence electrons. The molecule has 0 spiro atoms. The molecule has 30 heavy (non-hydrogen) atoms. The first kappa shape index (κ1) is 25.7. The van der Waals surface area contributed by atoms with E-state index < -0.39 is 5.60 Å². The van der Waals surface area contributed by atoms with Crippen LogP contribution in [0.2, 0.25) is 0 Å². The summed E-state index contributed by atoms with van der Waals surface area (Å²) in [5.74, 6) is 0.254. The third-order valence-corrected chi connectivity index (χ3v) is 5.07. The zero-order valence-corrected chi connectivity index (χ0v) is 20.1. The SMILES string of the molecule is CCNC(=NCCN(C)C(=O)OC(C)(C)C)NC(C)c1nc(C)c(C(=O)OCC)s1. The smallest absolute Gasteiger partial charge is 0.410 e. The summed E-state index contributed by atoms with van der Waals surface area (Å²) in [6.07, 6.45) is -0.381. The van der Waals surface area contributed by atoms with Crippen molar-refractivity contribution in [2.24, 2.45) is 4.99 Å². The molecule has 0 aliphatic carbocycles. The van der Waals surface area contributed by atoms with Crippen LogP contribution in [0.3, 0.4) is 0 Å². The van der Waals surface area contributed by atoms with E-state index in [0.717, 1.165) is 5.01 Å². The van der Waals surface area contributed by atoms with Crippen LogP contribution in [-0.2, 0) is 9.47 Å². The lowest BCUT2D eigenvalue weighted by Crippen LogP contribution is -2.40. The molecule has 1 unspecified atom stereocenters. The van der Waals surface area contributed by atoms with Gasteiger partial charge in [-0.25, -0.2) is 14.6 Å². The molecule has 1 rings (SSSR count). The quantitative estimate of drug-likeness (QED) is 0.363. The van der Waals surface area contributed by atoms with Crippen molar-refractivity contribution in [2.75, 3.05) is 33.3 Å². The third-order valence-electron chi connectivity index (χ3n) is 3.75. The molecule has 1 aromatic heterocycles. The summed E-state index contributed by atoms with van der Waals surface area (Å²) in [6.45, 7) is 14.8. The molecular weight excluding hydrogens is 406 g/mol. The Labute approximate surface area is 183 Å². The molecule has 1 heterocycles. The van der Waals surface area contributed by atoms with Crippen molar-refractivity contribution >= 4 is 29.4 Å². The van der Waals surface area contributed by atoms with E-state index in [4.69, 9.17) is 9.47 Å². The molecule has 0 radical (unpaired) electrons. The number of aromatic nitrogens is 1. The number of nitrogens with one attached hydrogen (secondary N) is 2. The zero-order valence-electron chi connectivity index (χ0n) is 19.3. The van der Waals surface area contributed by atoms with Gasteiger partial charge in [0.2, 0.25) is 0 Å². The summed E-state index contributed by atoms with van der Waals surface area (Å²) in [6, 6.07) is -0.154. The van der Waals surface area contributed by atoms with E-state index >= 15 is 0 Å². The Morgan fingerprint density at radius 3 is 2.53 bits per heavy atom. The summed E-state index contributed by atoms with van der Waals surface area (Å²) >= 11 is 1.31. The maximum atomic E-state index is 12.0. The number of rotatable bonds is 8. The predicted molar refractivity (Wildman–Crippen MR) is 119 cm³/mol. The van der Waals surface area contributed by atoms with Gasteiger partial charge in [-0.3, -0.25) is 4.99 Å². The number of aliphatic imine (C=N–C) groups is 1. The van der Waals surface area contributed by atoms with E-state index in [1.807, 2.05) is 34.6 Å². The van der Waals surface area contributed by atoms with Gasteiger partial charge in [-0.05, 0) is 48.5 Å². The lowest BCUT2D eigenvalue weighted by atomic mass is 10.2. The van der Waals surface area contributed by atoms with Crippen molar-refractivity contribution in [3.8, 4) is 0 Å². The minimum Gasteiger partial charge on any atom is -0.462 e. The highest BCUT2D eigenvalue weighted by Gasteiger charge is 2.21. The second kappa shape index (κ2) is 11.7. The van der Waals surface area contributed by atoms with Crippen molar-refractivity contribution in [1.82, 2.24) is 20.5 Å². The molecule has 0 aliphatic heterocycles. The molecule has 1 amide bonds. The lowest BCUT2D eigenvalue weighted by Gasteiger charge is -2.24. The van der Waals surface area contributed by atoms with Crippen molar-refractivity contribution in [1.29, 1.82) is 0 Å². The Balaban J connectivity index is 2.73.